The molecule has 1 unspecified atom stereocenters. The third kappa shape index (κ3) is 3.44. The first-order chi connectivity index (χ1) is 10.2. The minimum atomic E-state index is -0.225. The highest BCUT2D eigenvalue weighted by Gasteiger charge is 2.34. The monoisotopic (exact) mass is 307 g/mol. The van der Waals surface area contributed by atoms with Crippen LogP contribution in [0.3, 0.4) is 0 Å². The van der Waals surface area contributed by atoms with Crippen LogP contribution in [0.5, 0.6) is 0 Å². The Morgan fingerprint density at radius 1 is 1.33 bits per heavy atom. The van der Waals surface area contributed by atoms with Gasteiger partial charge >= 0.3 is 0 Å². The Bertz CT molecular complexity index is 593. The van der Waals surface area contributed by atoms with Crippen LogP contribution in [-0.2, 0) is 11.3 Å². The molecule has 21 heavy (non-hydrogen) atoms. The van der Waals surface area contributed by atoms with Crippen LogP contribution in [0.4, 0.5) is 4.39 Å². The van der Waals surface area contributed by atoms with Crippen molar-refractivity contribution in [3.63, 3.8) is 0 Å². The van der Waals surface area contributed by atoms with Gasteiger partial charge in [0, 0.05) is 4.90 Å². The first kappa shape index (κ1) is 14.5. The molecule has 0 amide bonds. The molecular formula is C15H18FN3OS. The van der Waals surface area contributed by atoms with Crippen molar-refractivity contribution in [2.75, 3.05) is 6.54 Å². The van der Waals surface area contributed by atoms with Crippen molar-refractivity contribution in [1.29, 1.82) is 0 Å². The summed E-state index contributed by atoms with van der Waals surface area (Å²) < 4.78 is 18.3. The van der Waals surface area contributed by atoms with Crippen LogP contribution in [-0.4, -0.2) is 16.7 Å². The first-order valence-corrected chi connectivity index (χ1v) is 8.11. The van der Waals surface area contributed by atoms with Crippen LogP contribution >= 0.6 is 11.8 Å². The molecule has 1 fully saturated rings. The number of thioether (sulfide) groups is 1. The van der Waals surface area contributed by atoms with Gasteiger partial charge in [0.25, 0.3) is 0 Å². The van der Waals surface area contributed by atoms with Crippen LogP contribution in [0.15, 0.2) is 33.7 Å². The SMILES string of the molecule is CC1(c2nc(CSc3ccc(F)cc3)no2)CCCCN1. The van der Waals surface area contributed by atoms with E-state index in [9.17, 15) is 4.39 Å². The molecule has 0 saturated carbocycles. The Morgan fingerprint density at radius 3 is 2.86 bits per heavy atom. The molecule has 1 aliphatic heterocycles. The minimum absolute atomic E-state index is 0.204. The van der Waals surface area contributed by atoms with E-state index >= 15 is 0 Å². The maximum atomic E-state index is 12.8. The predicted molar refractivity (Wildman–Crippen MR) is 79.5 cm³/mol. The Balaban J connectivity index is 1.63. The largest absolute Gasteiger partial charge is 0.337 e. The number of aromatic nitrogens is 2. The van der Waals surface area contributed by atoms with E-state index in [4.69, 9.17) is 4.52 Å². The van der Waals surface area contributed by atoms with Gasteiger partial charge in [-0.05, 0) is 57.0 Å². The van der Waals surface area contributed by atoms with E-state index < -0.39 is 0 Å². The van der Waals surface area contributed by atoms with E-state index in [2.05, 4.69) is 22.4 Å². The first-order valence-electron chi connectivity index (χ1n) is 7.12. The summed E-state index contributed by atoms with van der Waals surface area (Å²) in [5, 5.41) is 7.51. The Hall–Kier alpha value is -1.40. The summed E-state index contributed by atoms with van der Waals surface area (Å²) in [5.74, 6) is 1.73. The zero-order chi connectivity index (χ0) is 14.7. The fourth-order valence-electron chi connectivity index (χ4n) is 2.45. The lowest BCUT2D eigenvalue weighted by atomic mass is 9.91. The number of nitrogens with one attached hydrogen (secondary N) is 1. The Kier molecular flexibility index (Phi) is 4.26. The van der Waals surface area contributed by atoms with Crippen LogP contribution in [0.1, 0.15) is 37.9 Å². The van der Waals surface area contributed by atoms with Crippen molar-refractivity contribution >= 4 is 11.8 Å². The Labute approximate surface area is 127 Å². The third-order valence-electron chi connectivity index (χ3n) is 3.74. The van der Waals surface area contributed by atoms with Gasteiger partial charge in [-0.3, -0.25) is 0 Å². The van der Waals surface area contributed by atoms with Crippen LogP contribution in [0.25, 0.3) is 0 Å². The molecule has 0 radical (unpaired) electrons. The van der Waals surface area contributed by atoms with E-state index in [-0.39, 0.29) is 11.4 Å². The summed E-state index contributed by atoms with van der Waals surface area (Å²) in [7, 11) is 0. The lowest BCUT2D eigenvalue weighted by Crippen LogP contribution is -2.43. The standard InChI is InChI=1S/C15H18FN3OS/c1-15(8-2-3-9-17-15)14-18-13(19-20-14)10-21-12-6-4-11(16)5-7-12/h4-7,17H,2-3,8-10H2,1H3. The summed E-state index contributed by atoms with van der Waals surface area (Å²) in [6.45, 7) is 3.09. The molecule has 0 spiro atoms. The fourth-order valence-corrected chi connectivity index (χ4v) is 3.20. The van der Waals surface area contributed by atoms with Crippen molar-refractivity contribution in [2.24, 2.45) is 0 Å². The van der Waals surface area contributed by atoms with Gasteiger partial charge in [-0.2, -0.15) is 4.98 Å². The van der Waals surface area contributed by atoms with Crippen LogP contribution < -0.4 is 5.32 Å². The molecule has 2 aromatic rings. The van der Waals surface area contributed by atoms with Gasteiger partial charge < -0.3 is 9.84 Å². The molecular weight excluding hydrogens is 289 g/mol. The van der Waals surface area contributed by atoms with Crippen molar-refractivity contribution in [3.05, 3.63) is 41.8 Å². The van der Waals surface area contributed by atoms with Crippen molar-refractivity contribution in [3.8, 4) is 0 Å². The third-order valence-corrected chi connectivity index (χ3v) is 4.75. The quantitative estimate of drug-likeness (QED) is 0.876. The molecule has 6 heteroatoms. The highest BCUT2D eigenvalue weighted by atomic mass is 32.2. The maximum absolute atomic E-state index is 12.8. The number of nitrogens with zero attached hydrogens (tertiary/aromatic N) is 2. The average Bonchev–Trinajstić information content (AvgIpc) is 2.97. The molecule has 1 N–H and O–H groups in total. The maximum Gasteiger partial charge on any atom is 0.246 e. The smallest absolute Gasteiger partial charge is 0.246 e. The summed E-state index contributed by atoms with van der Waals surface area (Å²) in [6.07, 6.45) is 3.38. The topological polar surface area (TPSA) is 51.0 Å². The number of hydrogen-bond acceptors (Lipinski definition) is 5. The lowest BCUT2D eigenvalue weighted by Gasteiger charge is -2.31. The Morgan fingerprint density at radius 2 is 2.14 bits per heavy atom. The molecule has 1 saturated heterocycles. The van der Waals surface area contributed by atoms with Crippen LogP contribution in [0.2, 0.25) is 0 Å². The van der Waals surface area contributed by atoms with Gasteiger partial charge in [0.1, 0.15) is 5.82 Å². The molecule has 2 heterocycles. The van der Waals surface area contributed by atoms with E-state index in [1.54, 1.807) is 23.9 Å². The van der Waals surface area contributed by atoms with Gasteiger partial charge in [0.05, 0.1) is 11.3 Å². The second-order valence-corrected chi connectivity index (χ2v) is 6.52. The average molecular weight is 307 g/mol. The summed E-state index contributed by atoms with van der Waals surface area (Å²) in [4.78, 5) is 5.49. The number of benzene rings is 1. The van der Waals surface area contributed by atoms with E-state index in [0.29, 0.717) is 17.5 Å². The molecule has 1 aliphatic rings. The molecule has 4 nitrogen and oxygen atoms in total. The van der Waals surface area contributed by atoms with Gasteiger partial charge in [-0.1, -0.05) is 5.16 Å². The van der Waals surface area contributed by atoms with Gasteiger partial charge in [-0.25, -0.2) is 4.39 Å². The number of rotatable bonds is 4. The summed E-state index contributed by atoms with van der Waals surface area (Å²) in [6, 6.07) is 6.42. The lowest BCUT2D eigenvalue weighted by molar-refractivity contribution is 0.206. The number of halogens is 1. The highest BCUT2D eigenvalue weighted by molar-refractivity contribution is 7.98. The minimum Gasteiger partial charge on any atom is -0.337 e. The van der Waals surface area contributed by atoms with E-state index in [1.165, 1.54) is 25.0 Å². The predicted octanol–water partition coefficient (Wildman–Crippen LogP) is 3.49. The molecule has 3 rings (SSSR count). The normalized spacial score (nSPS) is 22.4. The van der Waals surface area contributed by atoms with E-state index in [1.807, 2.05) is 0 Å². The molecule has 112 valence electrons. The van der Waals surface area contributed by atoms with Crippen molar-refractivity contribution < 1.29 is 8.91 Å². The molecule has 0 bridgehead atoms. The van der Waals surface area contributed by atoms with Crippen LogP contribution in [0, 0.1) is 5.82 Å². The van der Waals surface area contributed by atoms with Gasteiger partial charge in [-0.15, -0.1) is 11.8 Å². The molecule has 1 aromatic heterocycles. The number of hydrogen-bond donors (Lipinski definition) is 1. The van der Waals surface area contributed by atoms with Gasteiger partial charge in [0.15, 0.2) is 5.82 Å². The second-order valence-electron chi connectivity index (χ2n) is 5.47. The molecule has 1 atom stereocenters. The zero-order valence-electron chi connectivity index (χ0n) is 11.9. The van der Waals surface area contributed by atoms with Crippen molar-refractivity contribution in [2.45, 2.75) is 42.4 Å². The fraction of sp³-hybridized carbons (Fsp3) is 0.467. The highest BCUT2D eigenvalue weighted by Crippen LogP contribution is 2.29. The van der Waals surface area contributed by atoms with Gasteiger partial charge in [0.2, 0.25) is 5.89 Å². The summed E-state index contributed by atoms with van der Waals surface area (Å²) in [5.41, 5.74) is -0.204. The zero-order valence-corrected chi connectivity index (χ0v) is 12.8. The van der Waals surface area contributed by atoms with E-state index in [0.717, 1.165) is 17.9 Å². The second kappa shape index (κ2) is 6.15. The molecule has 1 aromatic carbocycles. The number of piperidine rings is 1. The van der Waals surface area contributed by atoms with Crippen molar-refractivity contribution in [1.82, 2.24) is 15.5 Å². The summed E-state index contributed by atoms with van der Waals surface area (Å²) >= 11 is 1.57. The molecule has 0 aliphatic carbocycles.